The number of nitrogens with zero attached hydrogens (tertiary/aromatic N) is 1. The minimum Gasteiger partial charge on any atom is -0.508 e. The average molecular weight is 696 g/mol. The number of anilines is 1. The molecule has 8 rings (SSSR count). The second kappa shape index (κ2) is 12.2. The normalized spacial score (nSPS) is 26.6. The van der Waals surface area contributed by atoms with Crippen molar-refractivity contribution in [3.8, 4) is 17.2 Å². The minimum absolute atomic E-state index is 0.0278. The van der Waals surface area contributed by atoms with Gasteiger partial charge in [-0.05, 0) is 60.2 Å². The van der Waals surface area contributed by atoms with Crippen LogP contribution >= 0.6 is 0 Å². The van der Waals surface area contributed by atoms with Gasteiger partial charge >= 0.3 is 5.97 Å². The molecule has 1 saturated carbocycles. The molecule has 3 N–H and O–H groups in total. The summed E-state index contributed by atoms with van der Waals surface area (Å²) in [5, 5.41) is 31.5. The fourth-order valence-electron chi connectivity index (χ4n) is 9.28. The maximum Gasteiger partial charge on any atom is 0.339 e. The first-order valence-electron chi connectivity index (χ1n) is 17.0. The fraction of sp³-hybridized carbons (Fsp3) is 0.214. The van der Waals surface area contributed by atoms with E-state index in [4.69, 9.17) is 4.74 Å². The van der Waals surface area contributed by atoms with Gasteiger partial charge in [0.2, 0.25) is 11.8 Å². The Morgan fingerprint density at radius 2 is 1.54 bits per heavy atom. The summed E-state index contributed by atoms with van der Waals surface area (Å²) in [7, 11) is 1.46. The van der Waals surface area contributed by atoms with Crippen LogP contribution in [0.4, 0.5) is 5.69 Å². The van der Waals surface area contributed by atoms with Crippen molar-refractivity contribution in [1.29, 1.82) is 0 Å². The van der Waals surface area contributed by atoms with Crippen LogP contribution in [0, 0.1) is 23.7 Å². The molecule has 1 heterocycles. The third-order valence-corrected chi connectivity index (χ3v) is 11.4. The predicted octanol–water partition coefficient (Wildman–Crippen LogP) is 5.83. The highest BCUT2D eigenvalue weighted by Gasteiger charge is 2.66. The summed E-state index contributed by atoms with van der Waals surface area (Å²) >= 11 is 0. The van der Waals surface area contributed by atoms with E-state index in [1.165, 1.54) is 25.3 Å². The smallest absolute Gasteiger partial charge is 0.339 e. The molecule has 1 aliphatic heterocycles. The van der Waals surface area contributed by atoms with Crippen molar-refractivity contribution in [3.05, 3.63) is 137 Å². The van der Waals surface area contributed by atoms with Crippen LogP contribution in [0.15, 0.2) is 115 Å². The van der Waals surface area contributed by atoms with Crippen LogP contribution in [-0.2, 0) is 24.6 Å². The molecule has 0 aromatic heterocycles. The zero-order valence-corrected chi connectivity index (χ0v) is 27.9. The summed E-state index contributed by atoms with van der Waals surface area (Å²) in [6, 6.07) is 26.3. The van der Waals surface area contributed by atoms with Gasteiger partial charge in [0.05, 0.1) is 30.0 Å². The zero-order valence-electron chi connectivity index (χ0n) is 27.9. The highest BCUT2D eigenvalue weighted by molar-refractivity contribution is 6.32. The highest BCUT2D eigenvalue weighted by Crippen LogP contribution is 2.65. The van der Waals surface area contributed by atoms with Gasteiger partial charge in [-0.3, -0.25) is 19.2 Å². The van der Waals surface area contributed by atoms with E-state index in [1.807, 2.05) is 30.3 Å². The van der Waals surface area contributed by atoms with Gasteiger partial charge in [-0.1, -0.05) is 78.4 Å². The monoisotopic (exact) mass is 695 g/mol. The molecule has 2 amide bonds. The molecule has 6 unspecified atom stereocenters. The molecule has 2 fully saturated rings. The molecule has 52 heavy (non-hydrogen) atoms. The number of aromatic hydroxyl groups is 2. The number of amides is 2. The largest absolute Gasteiger partial charge is 0.508 e. The Balaban J connectivity index is 1.36. The molecule has 260 valence electrons. The number of carbonyl (C=O) groups excluding carboxylic acids is 4. The van der Waals surface area contributed by atoms with Crippen LogP contribution in [0.5, 0.6) is 17.2 Å². The summed E-state index contributed by atoms with van der Waals surface area (Å²) in [4.78, 5) is 71.4. The summed E-state index contributed by atoms with van der Waals surface area (Å²) in [5.41, 5.74) is 0.430. The maximum atomic E-state index is 15.2. The van der Waals surface area contributed by atoms with Gasteiger partial charge in [0, 0.05) is 29.0 Å². The number of carboxylic acids is 1. The Morgan fingerprint density at radius 3 is 2.21 bits per heavy atom. The van der Waals surface area contributed by atoms with Gasteiger partial charge in [0.25, 0.3) is 0 Å². The number of phenolic OH excluding ortho intramolecular Hbond substituents is 1. The van der Waals surface area contributed by atoms with Crippen LogP contribution in [0.3, 0.4) is 0 Å². The summed E-state index contributed by atoms with van der Waals surface area (Å²) in [6.45, 7) is 0. The summed E-state index contributed by atoms with van der Waals surface area (Å²) in [6.07, 6.45) is 3.47. The number of aromatic carboxylic acids is 1. The van der Waals surface area contributed by atoms with E-state index in [0.29, 0.717) is 28.0 Å². The molecule has 4 aromatic carbocycles. The van der Waals surface area contributed by atoms with Crippen molar-refractivity contribution in [2.75, 3.05) is 12.0 Å². The van der Waals surface area contributed by atoms with Gasteiger partial charge in [-0.2, -0.15) is 0 Å². The number of carboxylic acid groups (broad SMARTS) is 1. The maximum absolute atomic E-state index is 15.2. The van der Waals surface area contributed by atoms with E-state index in [1.54, 1.807) is 48.5 Å². The first-order chi connectivity index (χ1) is 25.1. The van der Waals surface area contributed by atoms with Gasteiger partial charge in [0.1, 0.15) is 22.8 Å². The molecular formula is C42H33NO9. The number of benzene rings is 4. The Labute approximate surface area is 298 Å². The van der Waals surface area contributed by atoms with Crippen LogP contribution < -0.4 is 9.64 Å². The molecular weight excluding hydrogens is 662 g/mol. The van der Waals surface area contributed by atoms with Crippen LogP contribution in [0.1, 0.15) is 45.8 Å². The molecule has 6 atom stereocenters. The quantitative estimate of drug-likeness (QED) is 0.167. The lowest BCUT2D eigenvalue weighted by molar-refractivity contribution is -0.135. The van der Waals surface area contributed by atoms with Gasteiger partial charge in [-0.25, -0.2) is 9.69 Å². The zero-order chi connectivity index (χ0) is 36.5. The minimum atomic E-state index is -1.55. The molecule has 1 saturated heterocycles. The molecule has 0 radical (unpaired) electrons. The number of hydrogen-bond donors (Lipinski definition) is 3. The predicted molar refractivity (Wildman–Crippen MR) is 189 cm³/mol. The first kappa shape index (κ1) is 32.9. The first-order valence-corrected chi connectivity index (χ1v) is 17.0. The second-order valence-electron chi connectivity index (χ2n) is 13.7. The topological polar surface area (TPSA) is 159 Å². The SMILES string of the molecule is COc1cccc(O)c1C1C2=CCC3C(=O)N(c4ccc(C(=O)O)c(O)c4)C(=O)C3C2CC2C(=O)C(c3ccccc3)=CC(=O)C21c1ccccc1. The number of phenols is 2. The molecule has 0 bridgehead atoms. The Kier molecular flexibility index (Phi) is 7.71. The lowest BCUT2D eigenvalue weighted by Crippen LogP contribution is -2.58. The van der Waals surface area contributed by atoms with Crippen LogP contribution in [0.2, 0.25) is 0 Å². The fourth-order valence-corrected chi connectivity index (χ4v) is 9.28. The number of fused-ring (bicyclic) bond motifs is 4. The number of ketones is 2. The third kappa shape index (κ3) is 4.60. The molecule has 3 aliphatic carbocycles. The van der Waals surface area contributed by atoms with Crippen molar-refractivity contribution in [2.24, 2.45) is 23.7 Å². The number of rotatable bonds is 6. The number of carbonyl (C=O) groups is 5. The van der Waals surface area contributed by atoms with Crippen molar-refractivity contribution in [2.45, 2.75) is 24.2 Å². The van der Waals surface area contributed by atoms with E-state index >= 15 is 9.59 Å². The Morgan fingerprint density at radius 1 is 0.827 bits per heavy atom. The van der Waals surface area contributed by atoms with E-state index in [2.05, 4.69) is 0 Å². The second-order valence-corrected chi connectivity index (χ2v) is 13.7. The van der Waals surface area contributed by atoms with Crippen molar-refractivity contribution >= 4 is 40.6 Å². The summed E-state index contributed by atoms with van der Waals surface area (Å²) < 4.78 is 5.82. The number of allylic oxidation sites excluding steroid dienone is 4. The molecule has 10 nitrogen and oxygen atoms in total. The third-order valence-electron chi connectivity index (χ3n) is 11.4. The average Bonchev–Trinajstić information content (AvgIpc) is 3.41. The highest BCUT2D eigenvalue weighted by atomic mass is 16.5. The van der Waals surface area contributed by atoms with Crippen molar-refractivity contribution in [1.82, 2.24) is 0 Å². The molecule has 4 aromatic rings. The molecule has 10 heteroatoms. The van der Waals surface area contributed by atoms with Crippen LogP contribution in [0.25, 0.3) is 5.57 Å². The number of methoxy groups -OCH3 is 1. The lowest BCUT2D eigenvalue weighted by Gasteiger charge is -2.55. The number of ether oxygens (including phenoxy) is 1. The number of hydrogen-bond acceptors (Lipinski definition) is 8. The van der Waals surface area contributed by atoms with E-state index in [-0.39, 0.29) is 47.0 Å². The van der Waals surface area contributed by atoms with E-state index in [9.17, 15) is 29.7 Å². The van der Waals surface area contributed by atoms with Crippen molar-refractivity contribution < 1.29 is 44.0 Å². The lowest BCUT2D eigenvalue weighted by atomic mass is 9.44. The van der Waals surface area contributed by atoms with Gasteiger partial charge in [-0.15, -0.1) is 0 Å². The Hall–Kier alpha value is -6.29. The van der Waals surface area contributed by atoms with Crippen LogP contribution in [-0.4, -0.2) is 51.8 Å². The molecule has 4 aliphatic rings. The number of Topliss-reactive ketones (excluding diaryl/α,β-unsaturated/α-hetero) is 1. The van der Waals surface area contributed by atoms with E-state index < -0.39 is 58.5 Å². The number of imide groups is 1. The Bertz CT molecular complexity index is 2260. The summed E-state index contributed by atoms with van der Waals surface area (Å²) in [5.74, 6) is -7.99. The van der Waals surface area contributed by atoms with Crippen molar-refractivity contribution in [3.63, 3.8) is 0 Å². The van der Waals surface area contributed by atoms with Gasteiger partial charge in [0.15, 0.2) is 11.6 Å². The van der Waals surface area contributed by atoms with E-state index in [0.717, 1.165) is 17.0 Å². The standard InChI is InChI=1S/C42H33NO9/c1-52-33-14-8-13-31(44)36(33)37-25-17-18-27-35(40(49)43(39(27)48)24-15-16-26(41(50)51)32(45)19-24)29(25)20-30-38(47)28(22-9-4-2-5-10-22)21-34(46)42(30,37)23-11-6-3-7-12-23/h2-17,19,21,27,29-30,35,37,44-45H,18,20H2,1H3,(H,50,51). The van der Waals surface area contributed by atoms with Gasteiger partial charge < -0.3 is 20.1 Å². The molecule has 0 spiro atoms.